The van der Waals surface area contributed by atoms with Gasteiger partial charge in [0, 0.05) is 14.7 Å². The summed E-state index contributed by atoms with van der Waals surface area (Å²) < 4.78 is 0. The summed E-state index contributed by atoms with van der Waals surface area (Å²) in [6.45, 7) is 0. The summed E-state index contributed by atoms with van der Waals surface area (Å²) in [6.07, 6.45) is 0.837. The number of benzene rings is 1. The molecular formula is C16H12Br2Cl2N2O3. The number of fused-ring (bicyclic) bond motifs is 5. The molecule has 25 heavy (non-hydrogen) atoms. The summed E-state index contributed by atoms with van der Waals surface area (Å²) in [4.78, 5) is 38.2. The molecule has 1 aliphatic heterocycles. The Labute approximate surface area is 170 Å². The minimum atomic E-state index is -0.610. The van der Waals surface area contributed by atoms with Crippen molar-refractivity contribution in [1.29, 1.82) is 0 Å². The highest BCUT2D eigenvalue weighted by molar-refractivity contribution is 9.12. The Morgan fingerprint density at radius 3 is 2.16 bits per heavy atom. The highest BCUT2D eigenvalue weighted by atomic mass is 79.9. The SMILES string of the molecule is O=C(NN1C(=O)[C@@H]2[C@H]3C[C@@H]([C@H](Br)[C@H]3Br)[C@@H]2C1=O)c1ccc(Cl)cc1Cl. The first-order valence-corrected chi connectivity index (χ1v) is 10.3. The van der Waals surface area contributed by atoms with Crippen LogP contribution < -0.4 is 5.43 Å². The van der Waals surface area contributed by atoms with Gasteiger partial charge in [-0.2, -0.15) is 5.01 Å². The first-order valence-electron chi connectivity index (χ1n) is 7.73. The number of hydrazine groups is 1. The fraction of sp³-hybridized carbons (Fsp3) is 0.438. The van der Waals surface area contributed by atoms with Gasteiger partial charge in [0.05, 0.1) is 22.4 Å². The zero-order chi connectivity index (χ0) is 18.0. The van der Waals surface area contributed by atoms with E-state index in [1.54, 1.807) is 0 Å². The van der Waals surface area contributed by atoms with Crippen molar-refractivity contribution in [3.63, 3.8) is 0 Å². The lowest BCUT2D eigenvalue weighted by Gasteiger charge is -2.28. The maximum absolute atomic E-state index is 12.7. The number of halogens is 4. The molecule has 1 saturated heterocycles. The molecule has 0 radical (unpaired) electrons. The van der Waals surface area contributed by atoms with Crippen LogP contribution >= 0.6 is 55.1 Å². The Balaban J connectivity index is 1.57. The van der Waals surface area contributed by atoms with Gasteiger partial charge in [-0.15, -0.1) is 0 Å². The number of carbonyl (C=O) groups excluding carboxylic acids is 3. The predicted molar refractivity (Wildman–Crippen MR) is 99.8 cm³/mol. The quantitative estimate of drug-likeness (QED) is 0.490. The molecule has 5 nitrogen and oxygen atoms in total. The lowest BCUT2D eigenvalue weighted by atomic mass is 9.81. The van der Waals surface area contributed by atoms with Gasteiger partial charge in [-0.25, -0.2) is 0 Å². The number of hydrogen-bond acceptors (Lipinski definition) is 3. The molecule has 4 rings (SSSR count). The molecule has 1 aromatic rings. The Kier molecular flexibility index (Phi) is 4.42. The average molecular weight is 511 g/mol. The fourth-order valence-corrected chi connectivity index (χ4v) is 6.66. The van der Waals surface area contributed by atoms with Crippen LogP contribution in [0, 0.1) is 23.7 Å². The van der Waals surface area contributed by atoms with Crippen LogP contribution in [0.15, 0.2) is 18.2 Å². The van der Waals surface area contributed by atoms with Gasteiger partial charge in [0.1, 0.15) is 0 Å². The molecule has 3 aliphatic rings. The number of nitrogens with zero attached hydrogens (tertiary/aromatic N) is 1. The maximum Gasteiger partial charge on any atom is 0.271 e. The average Bonchev–Trinajstić information content (AvgIpc) is 3.15. The van der Waals surface area contributed by atoms with Crippen LogP contribution in [0.3, 0.4) is 0 Å². The largest absolute Gasteiger partial charge is 0.272 e. The van der Waals surface area contributed by atoms with Crippen molar-refractivity contribution in [1.82, 2.24) is 10.4 Å². The van der Waals surface area contributed by atoms with E-state index in [0.29, 0.717) is 5.02 Å². The van der Waals surface area contributed by atoms with E-state index in [4.69, 9.17) is 23.2 Å². The number of amides is 3. The van der Waals surface area contributed by atoms with Crippen molar-refractivity contribution >= 4 is 72.8 Å². The maximum atomic E-state index is 12.7. The monoisotopic (exact) mass is 508 g/mol. The van der Waals surface area contributed by atoms with Crippen LogP contribution in [0.5, 0.6) is 0 Å². The third-order valence-corrected chi connectivity index (χ3v) is 9.13. The molecule has 9 heteroatoms. The fourth-order valence-electron chi connectivity index (χ4n) is 4.29. The Morgan fingerprint density at radius 1 is 1.08 bits per heavy atom. The molecule has 3 amide bonds. The molecule has 6 atom stereocenters. The molecule has 2 aliphatic carbocycles. The minimum absolute atomic E-state index is 0.0943. The zero-order valence-corrected chi connectivity index (χ0v) is 17.3. The van der Waals surface area contributed by atoms with Crippen molar-refractivity contribution < 1.29 is 14.4 Å². The predicted octanol–water partition coefficient (Wildman–Crippen LogP) is 3.42. The van der Waals surface area contributed by atoms with Crippen molar-refractivity contribution in [3.8, 4) is 0 Å². The number of hydrogen-bond donors (Lipinski definition) is 1. The molecule has 1 N–H and O–H groups in total. The van der Waals surface area contributed by atoms with Crippen molar-refractivity contribution in [2.45, 2.75) is 16.1 Å². The van der Waals surface area contributed by atoms with Gasteiger partial charge in [-0.05, 0) is 36.5 Å². The van der Waals surface area contributed by atoms with E-state index in [9.17, 15) is 14.4 Å². The van der Waals surface area contributed by atoms with Crippen molar-refractivity contribution in [2.75, 3.05) is 0 Å². The summed E-state index contributed by atoms with van der Waals surface area (Å²) in [5.74, 6) is -1.86. The Hall–Kier alpha value is -0.630. The van der Waals surface area contributed by atoms with Crippen LogP contribution in [-0.4, -0.2) is 32.4 Å². The van der Waals surface area contributed by atoms with Gasteiger partial charge < -0.3 is 0 Å². The lowest BCUT2D eigenvalue weighted by molar-refractivity contribution is -0.143. The van der Waals surface area contributed by atoms with E-state index in [0.717, 1.165) is 11.4 Å². The third kappa shape index (κ3) is 2.58. The number of rotatable bonds is 2. The van der Waals surface area contributed by atoms with Crippen LogP contribution in [0.4, 0.5) is 0 Å². The van der Waals surface area contributed by atoms with Gasteiger partial charge in [-0.1, -0.05) is 55.1 Å². The standard InChI is InChI=1S/C16H12Br2Cl2N2O3/c17-12-7-4-8(13(12)18)11-10(7)15(24)22(16(11)25)21-14(23)6-2-1-5(19)3-9(6)20/h1-3,7-8,10-13H,4H2,(H,21,23)/t7-,8-,10-,11+,12+,13+/m1/s1. The van der Waals surface area contributed by atoms with E-state index in [-0.39, 0.29) is 55.7 Å². The second-order valence-electron chi connectivity index (χ2n) is 6.58. The molecule has 1 aromatic carbocycles. The Bertz CT molecular complexity index is 774. The summed E-state index contributed by atoms with van der Waals surface area (Å²) >= 11 is 19.1. The number of carbonyl (C=O) groups is 3. The molecule has 132 valence electrons. The van der Waals surface area contributed by atoms with E-state index >= 15 is 0 Å². The molecule has 0 spiro atoms. The van der Waals surface area contributed by atoms with E-state index < -0.39 is 5.91 Å². The summed E-state index contributed by atoms with van der Waals surface area (Å²) in [5.41, 5.74) is 2.58. The summed E-state index contributed by atoms with van der Waals surface area (Å²) in [6, 6.07) is 4.42. The second kappa shape index (κ2) is 6.22. The summed E-state index contributed by atoms with van der Waals surface area (Å²) in [5, 5.41) is 1.42. The van der Waals surface area contributed by atoms with Crippen LogP contribution in [0.1, 0.15) is 16.8 Å². The van der Waals surface area contributed by atoms with Gasteiger partial charge in [-0.3, -0.25) is 19.8 Å². The zero-order valence-electron chi connectivity index (χ0n) is 12.6. The van der Waals surface area contributed by atoms with Crippen LogP contribution in [0.25, 0.3) is 0 Å². The topological polar surface area (TPSA) is 66.5 Å². The van der Waals surface area contributed by atoms with Crippen LogP contribution in [0.2, 0.25) is 10.0 Å². The lowest BCUT2D eigenvalue weighted by Crippen LogP contribution is -2.47. The van der Waals surface area contributed by atoms with E-state index in [1.165, 1.54) is 18.2 Å². The number of imide groups is 1. The highest BCUT2D eigenvalue weighted by Crippen LogP contribution is 2.59. The molecule has 1 heterocycles. The second-order valence-corrected chi connectivity index (χ2v) is 9.54. The number of nitrogens with one attached hydrogen (secondary N) is 1. The van der Waals surface area contributed by atoms with Gasteiger partial charge >= 0.3 is 0 Å². The molecule has 0 aromatic heterocycles. The highest BCUT2D eigenvalue weighted by Gasteiger charge is 2.66. The first kappa shape index (κ1) is 17.8. The van der Waals surface area contributed by atoms with Crippen molar-refractivity contribution in [3.05, 3.63) is 33.8 Å². The molecule has 2 bridgehead atoms. The molecular weight excluding hydrogens is 499 g/mol. The smallest absolute Gasteiger partial charge is 0.271 e. The molecule has 3 fully saturated rings. The van der Waals surface area contributed by atoms with E-state index in [2.05, 4.69) is 37.3 Å². The normalized spacial score (nSPS) is 36.1. The third-order valence-electron chi connectivity index (χ3n) is 5.38. The van der Waals surface area contributed by atoms with E-state index in [1.807, 2.05) is 0 Å². The van der Waals surface area contributed by atoms with Gasteiger partial charge in [0.25, 0.3) is 17.7 Å². The van der Waals surface area contributed by atoms with Crippen molar-refractivity contribution in [2.24, 2.45) is 23.7 Å². The molecule has 2 saturated carbocycles. The molecule has 0 unspecified atom stereocenters. The summed E-state index contributed by atoms with van der Waals surface area (Å²) in [7, 11) is 0. The first-order chi connectivity index (χ1) is 11.8. The number of alkyl halides is 2. The Morgan fingerprint density at radius 2 is 1.64 bits per heavy atom. The van der Waals surface area contributed by atoms with Crippen LogP contribution in [-0.2, 0) is 9.59 Å². The van der Waals surface area contributed by atoms with Gasteiger partial charge in [0.2, 0.25) is 0 Å². The minimum Gasteiger partial charge on any atom is -0.272 e. The van der Waals surface area contributed by atoms with Gasteiger partial charge in [0.15, 0.2) is 0 Å².